The summed E-state index contributed by atoms with van der Waals surface area (Å²) in [6.45, 7) is 6.54. The minimum absolute atomic E-state index is 0.0335. The number of carbonyl (C=O) groups excluding carboxylic acids is 1. The van der Waals surface area contributed by atoms with E-state index in [9.17, 15) is 4.79 Å². The molecule has 0 atom stereocenters. The Kier molecular flexibility index (Phi) is 4.24. The average Bonchev–Trinajstić information content (AvgIpc) is 2.60. The summed E-state index contributed by atoms with van der Waals surface area (Å²) in [5.41, 5.74) is 1.44. The first-order chi connectivity index (χ1) is 10.7. The molecule has 1 aliphatic rings. The molecule has 2 heterocycles. The molecule has 1 amide bonds. The Balaban J connectivity index is 1.96. The lowest BCUT2D eigenvalue weighted by Crippen LogP contribution is -2.48. The van der Waals surface area contributed by atoms with Crippen molar-refractivity contribution >= 4 is 16.8 Å². The molecule has 0 bridgehead atoms. The monoisotopic (exact) mass is 299 g/mol. The van der Waals surface area contributed by atoms with Gasteiger partial charge in [0.15, 0.2) is 5.75 Å². The molecule has 1 fully saturated rings. The van der Waals surface area contributed by atoms with Crippen LogP contribution in [-0.2, 0) is 0 Å². The van der Waals surface area contributed by atoms with Crippen LogP contribution in [0.5, 0.6) is 5.75 Å². The molecule has 0 radical (unpaired) electrons. The number of pyridine rings is 1. The Hall–Kier alpha value is -2.14. The highest BCUT2D eigenvalue weighted by molar-refractivity contribution is 6.08. The van der Waals surface area contributed by atoms with Gasteiger partial charge in [0, 0.05) is 31.6 Å². The van der Waals surface area contributed by atoms with E-state index in [1.54, 1.807) is 13.3 Å². The Morgan fingerprint density at radius 1 is 1.23 bits per heavy atom. The summed E-state index contributed by atoms with van der Waals surface area (Å²) < 4.78 is 5.39. The summed E-state index contributed by atoms with van der Waals surface area (Å²) in [6, 6.07) is 7.70. The number of rotatable bonds is 3. The van der Waals surface area contributed by atoms with Crippen molar-refractivity contribution < 1.29 is 9.53 Å². The highest BCUT2D eigenvalue weighted by atomic mass is 16.5. The second kappa shape index (κ2) is 6.32. The molecule has 0 N–H and O–H groups in total. The van der Waals surface area contributed by atoms with Crippen molar-refractivity contribution in [1.82, 2.24) is 14.8 Å². The predicted molar refractivity (Wildman–Crippen MR) is 86.3 cm³/mol. The summed E-state index contributed by atoms with van der Waals surface area (Å²) in [6.07, 6.45) is 1.64. The normalized spacial score (nSPS) is 16.0. The molecule has 1 aromatic carbocycles. The van der Waals surface area contributed by atoms with Gasteiger partial charge in [0.1, 0.15) is 0 Å². The number of methoxy groups -OCH3 is 1. The third-order valence-corrected chi connectivity index (χ3v) is 4.28. The second-order valence-electron chi connectivity index (χ2n) is 5.45. The molecule has 0 unspecified atom stereocenters. The quantitative estimate of drug-likeness (QED) is 0.870. The lowest BCUT2D eigenvalue weighted by atomic mass is 10.1. The molecular formula is C17H21N3O2. The summed E-state index contributed by atoms with van der Waals surface area (Å²) in [4.78, 5) is 21.6. The van der Waals surface area contributed by atoms with Crippen molar-refractivity contribution in [1.29, 1.82) is 0 Å². The molecule has 5 nitrogen and oxygen atoms in total. The van der Waals surface area contributed by atoms with Gasteiger partial charge in [-0.3, -0.25) is 9.78 Å². The van der Waals surface area contributed by atoms with E-state index in [-0.39, 0.29) is 5.91 Å². The second-order valence-corrected chi connectivity index (χ2v) is 5.45. The molecule has 1 aromatic heterocycles. The number of hydrogen-bond donors (Lipinski definition) is 0. The van der Waals surface area contributed by atoms with Gasteiger partial charge in [-0.25, -0.2) is 0 Å². The lowest BCUT2D eigenvalue weighted by molar-refractivity contribution is 0.0642. The van der Waals surface area contributed by atoms with Crippen LogP contribution in [-0.4, -0.2) is 60.5 Å². The SMILES string of the molecule is CCN1CCN(C(=O)c2c(OC)cnc3ccccc23)CC1. The maximum absolute atomic E-state index is 13.0. The van der Waals surface area contributed by atoms with Gasteiger partial charge in [0.2, 0.25) is 0 Å². The van der Waals surface area contributed by atoms with Gasteiger partial charge in [-0.05, 0) is 12.6 Å². The Morgan fingerprint density at radius 2 is 1.95 bits per heavy atom. The molecule has 0 aliphatic carbocycles. The molecule has 5 heteroatoms. The molecule has 116 valence electrons. The molecule has 0 saturated carbocycles. The van der Waals surface area contributed by atoms with Crippen molar-refractivity contribution in [3.63, 3.8) is 0 Å². The molecule has 1 saturated heterocycles. The fraction of sp³-hybridized carbons (Fsp3) is 0.412. The number of ether oxygens (including phenoxy) is 1. The fourth-order valence-electron chi connectivity index (χ4n) is 2.92. The van der Waals surface area contributed by atoms with Crippen molar-refractivity contribution in [3.8, 4) is 5.75 Å². The van der Waals surface area contributed by atoms with Crippen LogP contribution >= 0.6 is 0 Å². The van der Waals surface area contributed by atoms with Crippen LogP contribution in [0.3, 0.4) is 0 Å². The van der Waals surface area contributed by atoms with Gasteiger partial charge in [-0.2, -0.15) is 0 Å². The van der Waals surface area contributed by atoms with Crippen LogP contribution in [0.4, 0.5) is 0 Å². The molecule has 22 heavy (non-hydrogen) atoms. The first-order valence-electron chi connectivity index (χ1n) is 7.68. The first-order valence-corrected chi connectivity index (χ1v) is 7.68. The summed E-state index contributed by atoms with van der Waals surface area (Å²) in [7, 11) is 1.58. The number of fused-ring (bicyclic) bond motifs is 1. The Bertz CT molecular complexity index is 679. The maximum atomic E-state index is 13.0. The number of amides is 1. The zero-order valence-electron chi connectivity index (χ0n) is 13.1. The van der Waals surface area contributed by atoms with E-state index >= 15 is 0 Å². The standard InChI is InChI=1S/C17H21N3O2/c1-3-19-8-10-20(11-9-19)17(21)16-13-6-4-5-7-14(13)18-12-15(16)22-2/h4-7,12H,3,8-11H2,1-2H3. The van der Waals surface area contributed by atoms with Crippen LogP contribution in [0, 0.1) is 0 Å². The van der Waals surface area contributed by atoms with Gasteiger partial charge in [0.05, 0.1) is 24.4 Å². The van der Waals surface area contributed by atoms with Gasteiger partial charge in [-0.15, -0.1) is 0 Å². The van der Waals surface area contributed by atoms with Crippen molar-refractivity contribution in [2.45, 2.75) is 6.92 Å². The molecule has 2 aromatic rings. The predicted octanol–water partition coefficient (Wildman–Crippen LogP) is 2.02. The zero-order chi connectivity index (χ0) is 15.5. The topological polar surface area (TPSA) is 45.7 Å². The van der Waals surface area contributed by atoms with Crippen LogP contribution in [0.25, 0.3) is 10.9 Å². The number of carbonyl (C=O) groups is 1. The lowest BCUT2D eigenvalue weighted by Gasteiger charge is -2.34. The Labute approximate surface area is 130 Å². The number of para-hydroxylation sites is 1. The van der Waals surface area contributed by atoms with Gasteiger partial charge >= 0.3 is 0 Å². The van der Waals surface area contributed by atoms with Crippen molar-refractivity contribution in [2.24, 2.45) is 0 Å². The number of aromatic nitrogens is 1. The van der Waals surface area contributed by atoms with Crippen LogP contribution in [0.2, 0.25) is 0 Å². The zero-order valence-corrected chi connectivity index (χ0v) is 13.1. The number of hydrogen-bond acceptors (Lipinski definition) is 4. The smallest absolute Gasteiger partial charge is 0.258 e. The van der Waals surface area contributed by atoms with E-state index in [4.69, 9.17) is 4.74 Å². The summed E-state index contributed by atoms with van der Waals surface area (Å²) >= 11 is 0. The third kappa shape index (κ3) is 2.64. The average molecular weight is 299 g/mol. The highest BCUT2D eigenvalue weighted by Crippen LogP contribution is 2.27. The van der Waals surface area contributed by atoms with E-state index in [2.05, 4.69) is 16.8 Å². The van der Waals surface area contributed by atoms with E-state index in [1.165, 1.54) is 0 Å². The van der Waals surface area contributed by atoms with Crippen LogP contribution in [0.15, 0.2) is 30.5 Å². The Morgan fingerprint density at radius 3 is 2.64 bits per heavy atom. The van der Waals surface area contributed by atoms with E-state index < -0.39 is 0 Å². The minimum Gasteiger partial charge on any atom is -0.494 e. The maximum Gasteiger partial charge on any atom is 0.258 e. The van der Waals surface area contributed by atoms with Gasteiger partial charge in [0.25, 0.3) is 5.91 Å². The summed E-state index contributed by atoms with van der Waals surface area (Å²) in [5.74, 6) is 0.577. The third-order valence-electron chi connectivity index (χ3n) is 4.28. The van der Waals surface area contributed by atoms with E-state index in [0.717, 1.165) is 43.6 Å². The van der Waals surface area contributed by atoms with Crippen molar-refractivity contribution in [2.75, 3.05) is 39.8 Å². The van der Waals surface area contributed by atoms with Gasteiger partial charge in [-0.1, -0.05) is 25.1 Å². The van der Waals surface area contributed by atoms with Crippen LogP contribution < -0.4 is 4.74 Å². The molecule has 0 spiro atoms. The van der Waals surface area contributed by atoms with Gasteiger partial charge < -0.3 is 14.5 Å². The molecule has 3 rings (SSSR count). The number of benzene rings is 1. The largest absolute Gasteiger partial charge is 0.494 e. The fourth-order valence-corrected chi connectivity index (χ4v) is 2.92. The van der Waals surface area contributed by atoms with Crippen LogP contribution in [0.1, 0.15) is 17.3 Å². The first kappa shape index (κ1) is 14.8. The molecular weight excluding hydrogens is 278 g/mol. The number of piperazine rings is 1. The van der Waals surface area contributed by atoms with E-state index in [1.807, 2.05) is 29.2 Å². The minimum atomic E-state index is 0.0335. The highest BCUT2D eigenvalue weighted by Gasteiger charge is 2.25. The molecule has 1 aliphatic heterocycles. The van der Waals surface area contributed by atoms with E-state index in [0.29, 0.717) is 11.3 Å². The number of likely N-dealkylation sites (N-methyl/N-ethyl adjacent to an activating group) is 1. The summed E-state index contributed by atoms with van der Waals surface area (Å²) in [5, 5.41) is 0.852. The van der Waals surface area contributed by atoms with Crippen molar-refractivity contribution in [3.05, 3.63) is 36.0 Å². The number of nitrogens with zero attached hydrogens (tertiary/aromatic N) is 3.